The number of thiophene rings is 1. The maximum atomic E-state index is 12.5. The minimum atomic E-state index is -0.342. The molecule has 162 valence electrons. The largest absolute Gasteiger partial charge is 0.378 e. The highest BCUT2D eigenvalue weighted by Gasteiger charge is 2.17. The first-order valence-electron chi connectivity index (χ1n) is 10.1. The Balaban J connectivity index is 1.32. The van der Waals surface area contributed by atoms with Crippen LogP contribution in [0.2, 0.25) is 0 Å². The summed E-state index contributed by atoms with van der Waals surface area (Å²) in [6.45, 7) is 2.91. The lowest BCUT2D eigenvalue weighted by atomic mass is 10.2. The molecule has 0 bridgehead atoms. The summed E-state index contributed by atoms with van der Waals surface area (Å²) in [5.74, 6) is -0.342. The minimum absolute atomic E-state index is 0.342. The predicted molar refractivity (Wildman–Crippen MR) is 127 cm³/mol. The van der Waals surface area contributed by atoms with Crippen molar-refractivity contribution in [2.24, 2.45) is 5.10 Å². The number of hydrogen-bond acceptors (Lipinski definition) is 8. The molecule has 0 atom stereocenters. The number of para-hydroxylation sites is 1. The second kappa shape index (κ2) is 9.43. The zero-order chi connectivity index (χ0) is 21.8. The van der Waals surface area contributed by atoms with Gasteiger partial charge in [0.2, 0.25) is 0 Å². The van der Waals surface area contributed by atoms with E-state index in [-0.39, 0.29) is 5.91 Å². The molecule has 8 nitrogen and oxygen atoms in total. The fourth-order valence-corrected chi connectivity index (χ4v) is 4.88. The van der Waals surface area contributed by atoms with Crippen LogP contribution in [0.4, 0.5) is 5.13 Å². The van der Waals surface area contributed by atoms with Gasteiger partial charge < -0.3 is 9.64 Å². The number of rotatable bonds is 6. The molecule has 1 aromatic carbocycles. The van der Waals surface area contributed by atoms with Crippen molar-refractivity contribution in [2.45, 2.75) is 0 Å². The van der Waals surface area contributed by atoms with E-state index in [2.05, 4.69) is 20.4 Å². The van der Waals surface area contributed by atoms with E-state index in [1.54, 1.807) is 22.9 Å². The van der Waals surface area contributed by atoms with Gasteiger partial charge in [0, 0.05) is 30.2 Å². The van der Waals surface area contributed by atoms with Gasteiger partial charge in [-0.1, -0.05) is 24.3 Å². The van der Waals surface area contributed by atoms with Gasteiger partial charge >= 0.3 is 0 Å². The van der Waals surface area contributed by atoms with Crippen LogP contribution in [0.15, 0.2) is 64.5 Å². The molecule has 0 saturated carbocycles. The number of amides is 1. The smallest absolute Gasteiger partial charge is 0.290 e. The Morgan fingerprint density at radius 2 is 1.97 bits per heavy atom. The number of hydrazone groups is 1. The monoisotopic (exact) mass is 464 g/mol. The molecule has 10 heteroatoms. The van der Waals surface area contributed by atoms with Crippen molar-refractivity contribution >= 4 is 39.9 Å². The van der Waals surface area contributed by atoms with E-state index in [0.717, 1.165) is 40.0 Å². The molecule has 5 rings (SSSR count). The van der Waals surface area contributed by atoms with Crippen molar-refractivity contribution in [1.82, 2.24) is 20.2 Å². The Labute approximate surface area is 192 Å². The van der Waals surface area contributed by atoms with E-state index < -0.39 is 0 Å². The lowest BCUT2D eigenvalue weighted by Gasteiger charge is -2.25. The van der Waals surface area contributed by atoms with Gasteiger partial charge in [0.15, 0.2) is 5.13 Å². The maximum absolute atomic E-state index is 12.5. The molecule has 1 N–H and O–H groups in total. The summed E-state index contributed by atoms with van der Waals surface area (Å²) in [4.78, 5) is 20.1. The summed E-state index contributed by atoms with van der Waals surface area (Å²) in [7, 11) is 0. The Morgan fingerprint density at radius 3 is 2.75 bits per heavy atom. The number of nitrogens with zero attached hydrogens (tertiary/aromatic N) is 5. The highest BCUT2D eigenvalue weighted by molar-refractivity contribution is 7.14. The van der Waals surface area contributed by atoms with E-state index in [1.165, 1.54) is 11.3 Å². The SMILES string of the molecule is O=C(N/N=C/c1cn(-c2ccccc2)nc1-c1cccs1)c1csc(N2CCOCC2)n1. The van der Waals surface area contributed by atoms with Crippen LogP contribution < -0.4 is 10.3 Å². The van der Waals surface area contributed by atoms with Crippen LogP contribution in [0, 0.1) is 0 Å². The normalized spacial score (nSPS) is 14.2. The predicted octanol–water partition coefficient (Wildman–Crippen LogP) is 3.66. The number of morpholine rings is 1. The van der Waals surface area contributed by atoms with Crippen LogP contribution >= 0.6 is 22.7 Å². The number of aromatic nitrogens is 3. The van der Waals surface area contributed by atoms with E-state index in [0.29, 0.717) is 18.9 Å². The summed E-state index contributed by atoms with van der Waals surface area (Å²) >= 11 is 3.06. The summed E-state index contributed by atoms with van der Waals surface area (Å²) in [6, 6.07) is 13.9. The van der Waals surface area contributed by atoms with E-state index in [1.807, 2.05) is 58.7 Å². The lowest BCUT2D eigenvalue weighted by molar-refractivity contribution is 0.0951. The number of nitrogens with one attached hydrogen (secondary N) is 1. The van der Waals surface area contributed by atoms with Gasteiger partial charge in [-0.2, -0.15) is 10.2 Å². The molecule has 1 amide bonds. The molecular formula is C22H20N6O2S2. The highest BCUT2D eigenvalue weighted by Crippen LogP contribution is 2.27. The van der Waals surface area contributed by atoms with Crippen molar-refractivity contribution in [3.63, 3.8) is 0 Å². The van der Waals surface area contributed by atoms with Gasteiger partial charge in [-0.05, 0) is 23.6 Å². The summed E-state index contributed by atoms with van der Waals surface area (Å²) in [6.07, 6.45) is 3.52. The quantitative estimate of drug-likeness (QED) is 0.348. The van der Waals surface area contributed by atoms with Crippen molar-refractivity contribution in [3.8, 4) is 16.3 Å². The zero-order valence-corrected chi connectivity index (χ0v) is 18.7. The molecule has 4 aromatic rings. The number of carbonyl (C=O) groups is 1. The number of hydrogen-bond donors (Lipinski definition) is 1. The standard InChI is InChI=1S/C22H20N6O2S2/c29-21(18-15-32-22(24-18)27-8-10-30-11-9-27)25-23-13-16-14-28(17-5-2-1-3-6-17)26-20(16)19-7-4-12-31-19/h1-7,12-15H,8-11H2,(H,25,29)/b23-13+. The van der Waals surface area contributed by atoms with E-state index in [9.17, 15) is 4.79 Å². The molecule has 32 heavy (non-hydrogen) atoms. The summed E-state index contributed by atoms with van der Waals surface area (Å²) in [5.41, 5.74) is 5.51. The first-order chi connectivity index (χ1) is 15.8. The molecule has 1 fully saturated rings. The molecule has 0 radical (unpaired) electrons. The van der Waals surface area contributed by atoms with Gasteiger partial charge in [-0.15, -0.1) is 22.7 Å². The van der Waals surface area contributed by atoms with Crippen LogP contribution in [-0.2, 0) is 4.74 Å². The van der Waals surface area contributed by atoms with Gasteiger partial charge in [0.05, 0.1) is 30.0 Å². The molecular weight excluding hydrogens is 444 g/mol. The van der Waals surface area contributed by atoms with Crippen molar-refractivity contribution in [1.29, 1.82) is 0 Å². The first-order valence-corrected chi connectivity index (χ1v) is 11.8. The van der Waals surface area contributed by atoms with Gasteiger partial charge in [-0.25, -0.2) is 15.1 Å². The van der Waals surface area contributed by atoms with Gasteiger partial charge in [0.1, 0.15) is 11.4 Å². The Bertz CT molecular complexity index is 1210. The number of ether oxygens (including phenoxy) is 1. The summed E-state index contributed by atoms with van der Waals surface area (Å²) < 4.78 is 7.18. The topological polar surface area (TPSA) is 84.6 Å². The second-order valence-corrected chi connectivity index (χ2v) is 8.79. The third kappa shape index (κ3) is 4.47. The third-order valence-corrected chi connectivity index (χ3v) is 6.67. The number of benzene rings is 1. The number of anilines is 1. The third-order valence-electron chi connectivity index (χ3n) is 4.89. The molecule has 4 heterocycles. The van der Waals surface area contributed by atoms with Gasteiger partial charge in [-0.3, -0.25) is 4.79 Å². The molecule has 1 aliphatic rings. The van der Waals surface area contributed by atoms with Crippen LogP contribution in [0.3, 0.4) is 0 Å². The molecule has 0 aliphatic carbocycles. The average molecular weight is 465 g/mol. The van der Waals surface area contributed by atoms with Crippen LogP contribution in [0.1, 0.15) is 16.1 Å². The van der Waals surface area contributed by atoms with Crippen molar-refractivity contribution in [3.05, 3.63) is 70.7 Å². The Kier molecular flexibility index (Phi) is 6.06. The molecule has 1 aliphatic heterocycles. The van der Waals surface area contributed by atoms with E-state index >= 15 is 0 Å². The van der Waals surface area contributed by atoms with Crippen LogP contribution in [-0.4, -0.2) is 53.2 Å². The number of carbonyl (C=O) groups excluding carboxylic acids is 1. The zero-order valence-electron chi connectivity index (χ0n) is 17.0. The van der Waals surface area contributed by atoms with Crippen molar-refractivity contribution in [2.75, 3.05) is 31.2 Å². The Morgan fingerprint density at radius 1 is 1.12 bits per heavy atom. The fraction of sp³-hybridized carbons (Fsp3) is 0.182. The molecule has 0 unspecified atom stereocenters. The summed E-state index contributed by atoms with van der Waals surface area (Å²) in [5, 5.41) is 13.5. The highest BCUT2D eigenvalue weighted by atomic mass is 32.1. The fourth-order valence-electron chi connectivity index (χ4n) is 3.29. The molecule has 0 spiro atoms. The van der Waals surface area contributed by atoms with E-state index in [4.69, 9.17) is 9.84 Å². The molecule has 3 aromatic heterocycles. The minimum Gasteiger partial charge on any atom is -0.378 e. The Hall–Kier alpha value is -3.34. The second-order valence-electron chi connectivity index (χ2n) is 7.00. The van der Waals surface area contributed by atoms with Gasteiger partial charge in [0.25, 0.3) is 5.91 Å². The van der Waals surface area contributed by atoms with Crippen LogP contribution in [0.5, 0.6) is 0 Å². The number of thiazole rings is 1. The average Bonchev–Trinajstić information content (AvgIpc) is 3.61. The van der Waals surface area contributed by atoms with Crippen molar-refractivity contribution < 1.29 is 9.53 Å². The first kappa shape index (κ1) is 20.6. The lowest BCUT2D eigenvalue weighted by Crippen LogP contribution is -2.36. The molecule has 1 saturated heterocycles. The van der Waals surface area contributed by atoms with Crippen LogP contribution in [0.25, 0.3) is 16.3 Å². The maximum Gasteiger partial charge on any atom is 0.290 e.